The highest BCUT2D eigenvalue weighted by atomic mass is 16.5. The Balaban J connectivity index is 1.03. The minimum Gasteiger partial charge on any atom is -0.457 e. The molecule has 54 heavy (non-hydrogen) atoms. The first-order chi connectivity index (χ1) is 26.1. The average Bonchev–Trinajstić information content (AvgIpc) is 3.71. The molecule has 0 amide bonds. The molecule has 1 aliphatic heterocycles. The first-order valence-corrected chi connectivity index (χ1v) is 18.4. The van der Waals surface area contributed by atoms with Gasteiger partial charge in [0.15, 0.2) is 5.82 Å². The minimum absolute atomic E-state index is 0.000621. The number of hydrogen-bond donors (Lipinski definition) is 0. The van der Waals surface area contributed by atoms with Crippen molar-refractivity contribution in [3.63, 3.8) is 0 Å². The van der Waals surface area contributed by atoms with Gasteiger partial charge < -0.3 is 14.5 Å². The molecule has 0 atom stereocenters. The molecule has 7 nitrogen and oxygen atoms in total. The molecule has 1 aliphatic rings. The third-order valence-corrected chi connectivity index (χ3v) is 10.4. The van der Waals surface area contributed by atoms with E-state index in [1.54, 1.807) is 0 Å². The van der Waals surface area contributed by atoms with E-state index in [9.17, 15) is 0 Å². The number of aromatic nitrogens is 4. The first-order valence-electron chi connectivity index (χ1n) is 18.4. The average molecular weight is 707 g/mol. The molecular formula is C47H42N6O. The van der Waals surface area contributed by atoms with Gasteiger partial charge in [0.25, 0.3) is 0 Å². The molecule has 0 fully saturated rings. The molecule has 7 heteroatoms. The van der Waals surface area contributed by atoms with Gasteiger partial charge in [-0.1, -0.05) is 62.7 Å². The molecule has 4 aromatic heterocycles. The van der Waals surface area contributed by atoms with Crippen molar-refractivity contribution in [3.8, 4) is 28.4 Å². The predicted molar refractivity (Wildman–Crippen MR) is 221 cm³/mol. The Morgan fingerprint density at radius 3 is 2.20 bits per heavy atom. The van der Waals surface area contributed by atoms with Gasteiger partial charge in [0.2, 0.25) is 0 Å². The Bertz CT molecular complexity index is 2680. The molecule has 0 radical (unpaired) electrons. The molecule has 0 aliphatic carbocycles. The van der Waals surface area contributed by atoms with Crippen LogP contribution < -0.4 is 14.5 Å². The van der Waals surface area contributed by atoms with Gasteiger partial charge in [-0.2, -0.15) is 0 Å². The van der Waals surface area contributed by atoms with E-state index in [-0.39, 0.29) is 5.41 Å². The van der Waals surface area contributed by atoms with Gasteiger partial charge in [-0.25, -0.2) is 15.0 Å². The van der Waals surface area contributed by atoms with Crippen molar-refractivity contribution in [1.82, 2.24) is 19.5 Å². The maximum Gasteiger partial charge on any atom is 0.158 e. The molecule has 0 saturated heterocycles. The largest absolute Gasteiger partial charge is 0.457 e. The molecule has 9 rings (SSSR count). The third-order valence-electron chi connectivity index (χ3n) is 10.4. The van der Waals surface area contributed by atoms with E-state index in [0.717, 1.165) is 62.3 Å². The number of pyridine rings is 3. The highest BCUT2D eigenvalue weighted by molar-refractivity contribution is 6.09. The van der Waals surface area contributed by atoms with Crippen molar-refractivity contribution in [2.75, 3.05) is 16.5 Å². The Labute approximate surface area is 316 Å². The molecular weight excluding hydrogens is 665 g/mol. The van der Waals surface area contributed by atoms with Crippen LogP contribution >= 0.6 is 0 Å². The van der Waals surface area contributed by atoms with Crippen molar-refractivity contribution < 1.29 is 4.74 Å². The van der Waals surface area contributed by atoms with Gasteiger partial charge in [-0.05, 0) is 115 Å². The first kappa shape index (κ1) is 33.4. The zero-order valence-electron chi connectivity index (χ0n) is 31.5. The Kier molecular flexibility index (Phi) is 7.96. The van der Waals surface area contributed by atoms with Crippen molar-refractivity contribution in [2.24, 2.45) is 0 Å². The molecule has 4 aromatic carbocycles. The van der Waals surface area contributed by atoms with Crippen LogP contribution in [0.2, 0.25) is 0 Å². The number of ether oxygens (including phenoxy) is 1. The van der Waals surface area contributed by atoms with Gasteiger partial charge >= 0.3 is 0 Å². The van der Waals surface area contributed by atoms with Crippen LogP contribution in [0.15, 0.2) is 134 Å². The lowest BCUT2D eigenvalue weighted by atomic mass is 9.88. The lowest BCUT2D eigenvalue weighted by Crippen LogP contribution is -2.24. The number of anilines is 4. The Morgan fingerprint density at radius 2 is 1.41 bits per heavy atom. The normalized spacial score (nSPS) is 12.9. The number of rotatable bonds is 6. The number of hydrogen-bond acceptors (Lipinski definition) is 6. The van der Waals surface area contributed by atoms with E-state index in [1.165, 1.54) is 33.2 Å². The summed E-state index contributed by atoms with van der Waals surface area (Å²) >= 11 is 0. The SMILES string of the molecule is Cc1cc(C)c(-c2ccc(N3CN(c4cccc(Oc5ccc6c7ccccc7n(-c7cc(C(C)(C)C)ccn7)c6c5)c4)c4ncccc43)nc2)c(C)c1. The zero-order valence-corrected chi connectivity index (χ0v) is 31.5. The van der Waals surface area contributed by atoms with Crippen LogP contribution in [0.25, 0.3) is 38.8 Å². The number of nitrogens with zero attached hydrogens (tertiary/aromatic N) is 6. The molecule has 0 unspecified atom stereocenters. The molecule has 0 saturated carbocycles. The standard InChI is InChI=1S/C47H42N6O/c1-30-23-31(2)45(32(3)24-30)33-16-19-43(50-28-33)52-29-51(46-41(52)15-10-21-49-46)35-11-9-12-36(26-35)54-37-17-18-39-38-13-7-8-14-40(38)53(42(39)27-37)44-25-34(20-22-48-44)47(4,5)6/h7-28H,29H2,1-6H3. The summed E-state index contributed by atoms with van der Waals surface area (Å²) in [6.45, 7) is 13.7. The maximum atomic E-state index is 6.63. The van der Waals surface area contributed by atoms with E-state index in [1.807, 2.05) is 42.9 Å². The molecule has 5 heterocycles. The highest BCUT2D eigenvalue weighted by Gasteiger charge is 2.30. The second kappa shape index (κ2) is 12.9. The van der Waals surface area contributed by atoms with Gasteiger partial charge in [-0.15, -0.1) is 0 Å². The van der Waals surface area contributed by atoms with Crippen LogP contribution in [-0.4, -0.2) is 26.2 Å². The van der Waals surface area contributed by atoms with Crippen LogP contribution in [0.4, 0.5) is 23.0 Å². The van der Waals surface area contributed by atoms with Crippen LogP contribution in [0.5, 0.6) is 11.5 Å². The fourth-order valence-corrected chi connectivity index (χ4v) is 7.94. The van der Waals surface area contributed by atoms with Gasteiger partial charge in [0, 0.05) is 52.7 Å². The summed E-state index contributed by atoms with van der Waals surface area (Å²) in [5, 5.41) is 2.33. The minimum atomic E-state index is -0.000621. The summed E-state index contributed by atoms with van der Waals surface area (Å²) in [5.74, 6) is 4.13. The predicted octanol–water partition coefficient (Wildman–Crippen LogP) is 11.9. The van der Waals surface area contributed by atoms with E-state index >= 15 is 0 Å². The summed E-state index contributed by atoms with van der Waals surface area (Å²) in [6, 6.07) is 40.2. The van der Waals surface area contributed by atoms with Crippen LogP contribution in [0, 0.1) is 20.8 Å². The topological polar surface area (TPSA) is 59.3 Å². The second-order valence-electron chi connectivity index (χ2n) is 15.3. The highest BCUT2D eigenvalue weighted by Crippen LogP contribution is 2.44. The summed E-state index contributed by atoms with van der Waals surface area (Å²) < 4.78 is 8.87. The lowest BCUT2D eigenvalue weighted by molar-refractivity contribution is 0.483. The van der Waals surface area contributed by atoms with Gasteiger partial charge in [0.05, 0.1) is 16.7 Å². The number of aryl methyl sites for hydroxylation is 3. The van der Waals surface area contributed by atoms with Gasteiger partial charge in [0.1, 0.15) is 29.8 Å². The number of benzene rings is 4. The zero-order chi connectivity index (χ0) is 37.1. The summed E-state index contributed by atoms with van der Waals surface area (Å²) in [5.41, 5.74) is 11.5. The van der Waals surface area contributed by atoms with Crippen molar-refractivity contribution in [2.45, 2.75) is 47.0 Å². The quantitative estimate of drug-likeness (QED) is 0.172. The fraction of sp³-hybridized carbons (Fsp3) is 0.170. The van der Waals surface area contributed by atoms with E-state index in [0.29, 0.717) is 6.67 Å². The Hall–Kier alpha value is -6.47. The summed E-state index contributed by atoms with van der Waals surface area (Å²) in [7, 11) is 0. The second-order valence-corrected chi connectivity index (χ2v) is 15.3. The van der Waals surface area contributed by atoms with Crippen molar-refractivity contribution >= 4 is 44.8 Å². The Morgan fingerprint density at radius 1 is 0.611 bits per heavy atom. The smallest absolute Gasteiger partial charge is 0.158 e. The summed E-state index contributed by atoms with van der Waals surface area (Å²) in [6.07, 6.45) is 5.74. The molecule has 0 N–H and O–H groups in total. The lowest BCUT2D eigenvalue weighted by Gasteiger charge is -2.21. The molecule has 266 valence electrons. The van der Waals surface area contributed by atoms with E-state index in [2.05, 4.69) is 147 Å². The molecule has 0 spiro atoms. The maximum absolute atomic E-state index is 6.63. The molecule has 8 aromatic rings. The van der Waals surface area contributed by atoms with Crippen LogP contribution in [0.3, 0.4) is 0 Å². The van der Waals surface area contributed by atoms with E-state index < -0.39 is 0 Å². The van der Waals surface area contributed by atoms with Gasteiger partial charge in [-0.3, -0.25) is 4.57 Å². The van der Waals surface area contributed by atoms with Crippen LogP contribution in [0.1, 0.15) is 43.0 Å². The monoisotopic (exact) mass is 706 g/mol. The third kappa shape index (κ3) is 5.82. The van der Waals surface area contributed by atoms with Crippen LogP contribution in [-0.2, 0) is 5.41 Å². The number of para-hydroxylation sites is 1. The van der Waals surface area contributed by atoms with E-state index in [4.69, 9.17) is 19.7 Å². The van der Waals surface area contributed by atoms with Crippen molar-refractivity contribution in [3.05, 3.63) is 156 Å². The van der Waals surface area contributed by atoms with Crippen molar-refractivity contribution in [1.29, 1.82) is 0 Å². The molecule has 0 bridgehead atoms. The summed E-state index contributed by atoms with van der Waals surface area (Å²) in [4.78, 5) is 19.1. The number of fused-ring (bicyclic) bond motifs is 4. The fourth-order valence-electron chi connectivity index (χ4n) is 7.94.